The third kappa shape index (κ3) is 2.07. The molecule has 0 fully saturated rings. The molecule has 0 radical (unpaired) electrons. The third-order valence-corrected chi connectivity index (χ3v) is 3.36. The molecule has 0 aliphatic carbocycles. The van der Waals surface area contributed by atoms with Crippen LogP contribution in [0.3, 0.4) is 0 Å². The molecule has 21 heavy (non-hydrogen) atoms. The molecule has 0 saturated heterocycles. The van der Waals surface area contributed by atoms with Crippen LogP contribution in [0.25, 0.3) is 0 Å². The first-order valence-electron chi connectivity index (χ1n) is 6.26. The van der Waals surface area contributed by atoms with Crippen LogP contribution >= 0.6 is 0 Å². The molecule has 0 amide bonds. The predicted octanol–water partition coefficient (Wildman–Crippen LogP) is 3.13. The average Bonchev–Trinajstić information content (AvgIpc) is 3.06. The van der Waals surface area contributed by atoms with Gasteiger partial charge in [-0.25, -0.2) is 0 Å². The van der Waals surface area contributed by atoms with Gasteiger partial charge in [0.1, 0.15) is 0 Å². The van der Waals surface area contributed by atoms with Gasteiger partial charge in [0.05, 0.1) is 29.5 Å². The lowest BCUT2D eigenvalue weighted by molar-refractivity contribution is 0.718. The van der Waals surface area contributed by atoms with Crippen LogP contribution in [0.1, 0.15) is 22.3 Å². The van der Waals surface area contributed by atoms with Crippen LogP contribution in [0.2, 0.25) is 0 Å². The van der Waals surface area contributed by atoms with E-state index in [0.717, 1.165) is 11.1 Å². The van der Waals surface area contributed by atoms with Crippen molar-refractivity contribution < 1.29 is 0 Å². The molecular formula is C16H9N5. The summed E-state index contributed by atoms with van der Waals surface area (Å²) in [4.78, 5) is 0. The zero-order valence-electron chi connectivity index (χ0n) is 10.9. The van der Waals surface area contributed by atoms with E-state index in [-0.39, 0.29) is 0 Å². The van der Waals surface area contributed by atoms with Crippen LogP contribution in [0, 0.1) is 22.7 Å². The van der Waals surface area contributed by atoms with E-state index in [0.29, 0.717) is 11.1 Å². The number of hydrogen-bond acceptors (Lipinski definition) is 5. The van der Waals surface area contributed by atoms with Crippen molar-refractivity contribution in [3.8, 4) is 12.1 Å². The summed E-state index contributed by atoms with van der Waals surface area (Å²) < 4.78 is 0. The van der Waals surface area contributed by atoms with Gasteiger partial charge in [-0.1, -0.05) is 24.3 Å². The SMILES string of the molecule is N#Cc1cccc(C2(c3cccc(C#N)c3)C=NN=N2)c1. The van der Waals surface area contributed by atoms with E-state index >= 15 is 0 Å². The number of benzene rings is 2. The molecule has 0 spiro atoms. The smallest absolute Gasteiger partial charge is 0.171 e. The maximum absolute atomic E-state index is 9.06. The van der Waals surface area contributed by atoms with Crippen LogP contribution < -0.4 is 0 Å². The lowest BCUT2D eigenvalue weighted by Gasteiger charge is -2.22. The molecule has 3 rings (SSSR count). The Bertz CT molecular complexity index is 765. The van der Waals surface area contributed by atoms with Crippen molar-refractivity contribution in [3.05, 3.63) is 70.8 Å². The zero-order chi connectivity index (χ0) is 14.7. The van der Waals surface area contributed by atoms with Crippen molar-refractivity contribution in [3.63, 3.8) is 0 Å². The Morgan fingerprint density at radius 1 is 0.857 bits per heavy atom. The molecule has 2 aromatic rings. The van der Waals surface area contributed by atoms with Crippen molar-refractivity contribution >= 4 is 6.21 Å². The molecule has 0 bridgehead atoms. The summed E-state index contributed by atoms with van der Waals surface area (Å²) in [6.07, 6.45) is 1.62. The minimum Gasteiger partial charge on any atom is -0.192 e. The first-order chi connectivity index (χ1) is 10.3. The van der Waals surface area contributed by atoms with Crippen molar-refractivity contribution in [1.82, 2.24) is 0 Å². The predicted molar refractivity (Wildman–Crippen MR) is 76.4 cm³/mol. The van der Waals surface area contributed by atoms with E-state index in [1.54, 1.807) is 42.6 Å². The van der Waals surface area contributed by atoms with Crippen molar-refractivity contribution in [2.45, 2.75) is 5.54 Å². The maximum atomic E-state index is 9.06. The van der Waals surface area contributed by atoms with Crippen LogP contribution in [0.4, 0.5) is 0 Å². The molecule has 1 heterocycles. The summed E-state index contributed by atoms with van der Waals surface area (Å²) in [6, 6.07) is 18.5. The quantitative estimate of drug-likeness (QED) is 0.840. The summed E-state index contributed by atoms with van der Waals surface area (Å²) in [7, 11) is 0. The van der Waals surface area contributed by atoms with Gasteiger partial charge in [-0.3, -0.25) is 0 Å². The van der Waals surface area contributed by atoms with Gasteiger partial charge >= 0.3 is 0 Å². The fraction of sp³-hybridized carbons (Fsp3) is 0.0625. The number of nitrogens with zero attached hydrogens (tertiary/aromatic N) is 5. The highest BCUT2D eigenvalue weighted by molar-refractivity contribution is 5.80. The van der Waals surface area contributed by atoms with Gasteiger partial charge in [0.25, 0.3) is 0 Å². The first kappa shape index (κ1) is 12.7. The highest BCUT2D eigenvalue weighted by Gasteiger charge is 2.36. The van der Waals surface area contributed by atoms with Crippen LogP contribution in [-0.2, 0) is 5.54 Å². The molecule has 5 nitrogen and oxygen atoms in total. The van der Waals surface area contributed by atoms with Crippen molar-refractivity contribution in [1.29, 1.82) is 10.5 Å². The molecule has 5 heteroatoms. The van der Waals surface area contributed by atoms with Gasteiger partial charge in [-0.2, -0.15) is 10.5 Å². The molecule has 1 aliphatic rings. The lowest BCUT2D eigenvalue weighted by atomic mass is 9.83. The molecule has 0 saturated carbocycles. The molecular weight excluding hydrogens is 262 g/mol. The number of hydrogen-bond donors (Lipinski definition) is 0. The van der Waals surface area contributed by atoms with E-state index < -0.39 is 5.54 Å². The molecule has 0 atom stereocenters. The van der Waals surface area contributed by atoms with Crippen LogP contribution in [-0.4, -0.2) is 6.21 Å². The van der Waals surface area contributed by atoms with E-state index in [4.69, 9.17) is 10.5 Å². The molecule has 0 N–H and O–H groups in total. The fourth-order valence-corrected chi connectivity index (χ4v) is 2.31. The first-order valence-corrected chi connectivity index (χ1v) is 6.26. The minimum atomic E-state index is -0.875. The summed E-state index contributed by atoms with van der Waals surface area (Å²) in [5.74, 6) is 0. The Hall–Kier alpha value is -3.31. The standard InChI is InChI=1S/C16H9N5/c17-9-12-3-1-5-14(7-12)16(11-19-21-20-16)15-6-2-4-13(8-15)10-18/h1-8,11H. The molecule has 0 aromatic heterocycles. The molecule has 0 unspecified atom stereocenters. The molecule has 2 aromatic carbocycles. The molecule has 98 valence electrons. The lowest BCUT2D eigenvalue weighted by Crippen LogP contribution is -2.25. The second-order valence-electron chi connectivity index (χ2n) is 4.59. The normalized spacial score (nSPS) is 14.6. The Morgan fingerprint density at radius 3 is 1.86 bits per heavy atom. The largest absolute Gasteiger partial charge is 0.192 e. The topological polar surface area (TPSA) is 84.7 Å². The average molecular weight is 271 g/mol. The fourth-order valence-electron chi connectivity index (χ4n) is 2.31. The summed E-state index contributed by atoms with van der Waals surface area (Å²) in [5.41, 5.74) is 1.79. The van der Waals surface area contributed by atoms with Gasteiger partial charge in [0.15, 0.2) is 5.54 Å². The Balaban J connectivity index is 2.21. The second-order valence-corrected chi connectivity index (χ2v) is 4.59. The summed E-state index contributed by atoms with van der Waals surface area (Å²) >= 11 is 0. The van der Waals surface area contributed by atoms with Gasteiger partial charge in [-0.15, -0.1) is 10.2 Å². The highest BCUT2D eigenvalue weighted by atomic mass is 15.4. The maximum Gasteiger partial charge on any atom is 0.171 e. The summed E-state index contributed by atoms with van der Waals surface area (Å²) in [6.45, 7) is 0. The Kier molecular flexibility index (Phi) is 3.02. The van der Waals surface area contributed by atoms with Gasteiger partial charge in [0, 0.05) is 0 Å². The van der Waals surface area contributed by atoms with Crippen LogP contribution in [0.5, 0.6) is 0 Å². The van der Waals surface area contributed by atoms with Crippen LogP contribution in [0.15, 0.2) is 64.0 Å². The monoisotopic (exact) mass is 271 g/mol. The number of nitriles is 2. The van der Waals surface area contributed by atoms with Crippen molar-refractivity contribution in [2.24, 2.45) is 15.4 Å². The van der Waals surface area contributed by atoms with E-state index in [1.807, 2.05) is 12.1 Å². The minimum absolute atomic E-state index is 0.541. The van der Waals surface area contributed by atoms with Gasteiger partial charge < -0.3 is 0 Å². The Labute approximate surface area is 121 Å². The number of rotatable bonds is 2. The molecule has 1 aliphatic heterocycles. The zero-order valence-corrected chi connectivity index (χ0v) is 10.9. The summed E-state index contributed by atoms with van der Waals surface area (Å²) in [5, 5.41) is 30.0. The second kappa shape index (κ2) is 4.99. The van der Waals surface area contributed by atoms with E-state index in [1.165, 1.54) is 0 Å². The van der Waals surface area contributed by atoms with Gasteiger partial charge in [-0.05, 0) is 40.6 Å². The highest BCUT2D eigenvalue weighted by Crippen LogP contribution is 2.36. The van der Waals surface area contributed by atoms with Gasteiger partial charge in [0.2, 0.25) is 0 Å². The van der Waals surface area contributed by atoms with Crippen molar-refractivity contribution in [2.75, 3.05) is 0 Å². The van der Waals surface area contributed by atoms with E-state index in [9.17, 15) is 0 Å². The van der Waals surface area contributed by atoms with E-state index in [2.05, 4.69) is 27.6 Å². The Morgan fingerprint density at radius 2 is 1.43 bits per heavy atom. The third-order valence-electron chi connectivity index (χ3n) is 3.36.